The lowest BCUT2D eigenvalue weighted by Gasteiger charge is -2.23. The molecule has 0 heterocycles. The SMILES string of the molecule is CCOC(C)(C)CNS(=O)(=O)Cl. The van der Waals surface area contributed by atoms with Gasteiger partial charge in [-0.2, -0.15) is 13.1 Å². The molecule has 0 saturated carbocycles. The summed E-state index contributed by atoms with van der Waals surface area (Å²) in [6.07, 6.45) is 0. The second-order valence-corrected chi connectivity index (χ2v) is 5.33. The van der Waals surface area contributed by atoms with E-state index in [4.69, 9.17) is 15.4 Å². The molecule has 0 unspecified atom stereocenters. The van der Waals surface area contributed by atoms with E-state index in [1.807, 2.05) is 6.92 Å². The first kappa shape index (κ1) is 12.2. The zero-order chi connectivity index (χ0) is 9.83. The molecule has 0 atom stereocenters. The molecule has 0 saturated heterocycles. The molecule has 4 nitrogen and oxygen atoms in total. The van der Waals surface area contributed by atoms with Gasteiger partial charge in [-0.05, 0) is 20.8 Å². The summed E-state index contributed by atoms with van der Waals surface area (Å²) in [5.41, 5.74) is -0.517. The van der Waals surface area contributed by atoms with E-state index in [0.717, 1.165) is 0 Å². The fourth-order valence-electron chi connectivity index (χ4n) is 0.702. The van der Waals surface area contributed by atoms with Crippen LogP contribution in [0.3, 0.4) is 0 Å². The van der Waals surface area contributed by atoms with Crippen molar-refractivity contribution in [1.29, 1.82) is 0 Å². The lowest BCUT2D eigenvalue weighted by molar-refractivity contribution is -0.00505. The predicted octanol–water partition coefficient (Wildman–Crippen LogP) is 0.875. The van der Waals surface area contributed by atoms with Crippen molar-refractivity contribution < 1.29 is 13.2 Å². The van der Waals surface area contributed by atoms with Crippen LogP contribution < -0.4 is 4.72 Å². The molecule has 0 bridgehead atoms. The van der Waals surface area contributed by atoms with Gasteiger partial charge in [-0.15, -0.1) is 0 Å². The minimum Gasteiger partial charge on any atom is -0.375 e. The summed E-state index contributed by atoms with van der Waals surface area (Å²) >= 11 is 0. The van der Waals surface area contributed by atoms with Gasteiger partial charge in [-0.1, -0.05) is 0 Å². The number of halogens is 1. The summed E-state index contributed by atoms with van der Waals surface area (Å²) in [4.78, 5) is 0. The number of hydrogen-bond donors (Lipinski definition) is 1. The van der Waals surface area contributed by atoms with Crippen LogP contribution in [-0.4, -0.2) is 27.2 Å². The van der Waals surface area contributed by atoms with Gasteiger partial charge in [-0.3, -0.25) is 0 Å². The average Bonchev–Trinajstić information content (AvgIpc) is 1.83. The molecule has 0 aliphatic heterocycles. The van der Waals surface area contributed by atoms with Crippen molar-refractivity contribution in [2.24, 2.45) is 0 Å². The summed E-state index contributed by atoms with van der Waals surface area (Å²) < 4.78 is 28.4. The Morgan fingerprint density at radius 1 is 1.50 bits per heavy atom. The van der Waals surface area contributed by atoms with E-state index in [1.165, 1.54) is 0 Å². The monoisotopic (exact) mass is 215 g/mol. The van der Waals surface area contributed by atoms with Gasteiger partial charge in [0.2, 0.25) is 0 Å². The molecule has 1 N–H and O–H groups in total. The van der Waals surface area contributed by atoms with E-state index >= 15 is 0 Å². The topological polar surface area (TPSA) is 55.4 Å². The maximum Gasteiger partial charge on any atom is 0.297 e. The fourth-order valence-corrected chi connectivity index (χ4v) is 1.39. The van der Waals surface area contributed by atoms with Crippen LogP contribution in [0.4, 0.5) is 0 Å². The van der Waals surface area contributed by atoms with E-state index in [9.17, 15) is 8.42 Å². The van der Waals surface area contributed by atoms with Crippen LogP contribution in [0.25, 0.3) is 0 Å². The molecule has 0 rings (SSSR count). The molecule has 0 aliphatic rings. The molecule has 0 radical (unpaired) electrons. The van der Waals surface area contributed by atoms with Crippen LogP contribution in [0, 0.1) is 0 Å². The van der Waals surface area contributed by atoms with Crippen LogP contribution in [0.5, 0.6) is 0 Å². The van der Waals surface area contributed by atoms with Gasteiger partial charge in [0.05, 0.1) is 5.60 Å². The van der Waals surface area contributed by atoms with E-state index in [2.05, 4.69) is 4.72 Å². The van der Waals surface area contributed by atoms with E-state index < -0.39 is 14.8 Å². The highest BCUT2D eigenvalue weighted by atomic mass is 35.7. The van der Waals surface area contributed by atoms with Gasteiger partial charge in [-0.25, -0.2) is 0 Å². The van der Waals surface area contributed by atoms with Crippen molar-refractivity contribution >= 4 is 19.9 Å². The Hall–Kier alpha value is 0.160. The maximum atomic E-state index is 10.5. The fraction of sp³-hybridized carbons (Fsp3) is 1.00. The highest BCUT2D eigenvalue weighted by molar-refractivity contribution is 8.12. The number of hydrogen-bond acceptors (Lipinski definition) is 3. The maximum absolute atomic E-state index is 10.5. The molecule has 6 heteroatoms. The molecular formula is C6H14ClNO3S. The van der Waals surface area contributed by atoms with Crippen LogP contribution >= 0.6 is 10.7 Å². The Balaban J connectivity index is 3.92. The lowest BCUT2D eigenvalue weighted by atomic mass is 10.1. The van der Waals surface area contributed by atoms with Crippen molar-refractivity contribution in [3.8, 4) is 0 Å². The van der Waals surface area contributed by atoms with Gasteiger partial charge in [0.1, 0.15) is 0 Å². The summed E-state index contributed by atoms with van der Waals surface area (Å²) in [6.45, 7) is 6.12. The summed E-state index contributed by atoms with van der Waals surface area (Å²) in [5, 5.41) is 0. The number of ether oxygens (including phenoxy) is 1. The van der Waals surface area contributed by atoms with Crippen LogP contribution in [0.15, 0.2) is 0 Å². The Bertz CT molecular complexity index is 225. The molecule has 0 amide bonds. The predicted molar refractivity (Wildman–Crippen MR) is 48.5 cm³/mol. The minimum absolute atomic E-state index is 0.173. The third kappa shape index (κ3) is 6.84. The van der Waals surface area contributed by atoms with Gasteiger partial charge >= 0.3 is 0 Å². The molecule has 0 aromatic rings. The van der Waals surface area contributed by atoms with E-state index in [1.54, 1.807) is 13.8 Å². The molecule has 12 heavy (non-hydrogen) atoms. The smallest absolute Gasteiger partial charge is 0.297 e. The summed E-state index contributed by atoms with van der Waals surface area (Å²) in [6, 6.07) is 0. The average molecular weight is 216 g/mol. The molecule has 0 fully saturated rings. The lowest BCUT2D eigenvalue weighted by Crippen LogP contribution is -2.38. The van der Waals surface area contributed by atoms with Crippen LogP contribution in [-0.2, 0) is 14.0 Å². The molecule has 0 aromatic heterocycles. The highest BCUT2D eigenvalue weighted by Gasteiger charge is 2.19. The molecule has 0 aliphatic carbocycles. The largest absolute Gasteiger partial charge is 0.375 e. The van der Waals surface area contributed by atoms with Gasteiger partial charge in [0.15, 0.2) is 0 Å². The van der Waals surface area contributed by atoms with Crippen molar-refractivity contribution in [2.45, 2.75) is 26.4 Å². The van der Waals surface area contributed by atoms with E-state index in [0.29, 0.717) is 6.61 Å². The quantitative estimate of drug-likeness (QED) is 0.693. The molecule has 74 valence electrons. The Morgan fingerprint density at radius 2 is 2.00 bits per heavy atom. The number of rotatable bonds is 5. The van der Waals surface area contributed by atoms with E-state index in [-0.39, 0.29) is 6.54 Å². The van der Waals surface area contributed by atoms with Gasteiger partial charge in [0, 0.05) is 23.8 Å². The molecule has 0 aromatic carbocycles. The number of nitrogens with one attached hydrogen (secondary N) is 1. The third-order valence-electron chi connectivity index (χ3n) is 1.21. The first-order valence-electron chi connectivity index (χ1n) is 3.60. The Morgan fingerprint density at radius 3 is 2.33 bits per heavy atom. The van der Waals surface area contributed by atoms with Crippen molar-refractivity contribution in [2.75, 3.05) is 13.2 Å². The molecule has 0 spiro atoms. The molecular weight excluding hydrogens is 202 g/mol. The third-order valence-corrected chi connectivity index (χ3v) is 2.02. The van der Waals surface area contributed by atoms with Crippen LogP contribution in [0.2, 0.25) is 0 Å². The second kappa shape index (κ2) is 4.41. The zero-order valence-corrected chi connectivity index (χ0v) is 9.00. The van der Waals surface area contributed by atoms with Gasteiger partial charge < -0.3 is 4.74 Å². The zero-order valence-electron chi connectivity index (χ0n) is 7.43. The first-order chi connectivity index (χ1) is 5.27. The normalized spacial score (nSPS) is 13.3. The van der Waals surface area contributed by atoms with Gasteiger partial charge in [0.25, 0.3) is 9.24 Å². The minimum atomic E-state index is -3.63. The highest BCUT2D eigenvalue weighted by Crippen LogP contribution is 2.07. The van der Waals surface area contributed by atoms with Crippen molar-refractivity contribution in [3.05, 3.63) is 0 Å². The first-order valence-corrected chi connectivity index (χ1v) is 5.91. The van der Waals surface area contributed by atoms with Crippen molar-refractivity contribution in [1.82, 2.24) is 4.72 Å². The Labute approximate surface area is 77.8 Å². The van der Waals surface area contributed by atoms with Crippen molar-refractivity contribution in [3.63, 3.8) is 0 Å². The summed E-state index contributed by atoms with van der Waals surface area (Å²) in [7, 11) is 1.31. The Kier molecular flexibility index (Phi) is 4.47. The second-order valence-electron chi connectivity index (χ2n) is 2.95. The van der Waals surface area contributed by atoms with Crippen LogP contribution in [0.1, 0.15) is 20.8 Å². The standard InChI is InChI=1S/C6H14ClNO3S/c1-4-11-6(2,3)5-8-12(7,9)10/h8H,4-5H2,1-3H3. The summed E-state index contributed by atoms with van der Waals surface area (Å²) in [5.74, 6) is 0.